The van der Waals surface area contributed by atoms with E-state index in [0.29, 0.717) is 11.8 Å². The summed E-state index contributed by atoms with van der Waals surface area (Å²) in [6.45, 7) is 7.36. The van der Waals surface area contributed by atoms with E-state index in [2.05, 4.69) is 55.6 Å². The molecule has 0 unspecified atom stereocenters. The molecule has 1 saturated heterocycles. The zero-order valence-electron chi connectivity index (χ0n) is 18.3. The SMILES string of the molecule is COc1ccc(C[NH2+]CC[C@@H](c2ccccc2OC)[C@H]2CCOC(C)(C)C2)cc1. The molecule has 3 rings (SSSR count). The van der Waals surface area contributed by atoms with Crippen molar-refractivity contribution in [2.75, 3.05) is 27.4 Å². The second kappa shape index (κ2) is 10.1. The topological polar surface area (TPSA) is 44.3 Å². The van der Waals surface area contributed by atoms with Crippen LogP contribution < -0.4 is 14.8 Å². The van der Waals surface area contributed by atoms with E-state index >= 15 is 0 Å². The lowest BCUT2D eigenvalue weighted by Crippen LogP contribution is -2.82. The Bertz CT molecular complexity index is 757. The largest absolute Gasteiger partial charge is 0.497 e. The third kappa shape index (κ3) is 5.97. The first-order valence-electron chi connectivity index (χ1n) is 10.7. The highest BCUT2D eigenvalue weighted by Crippen LogP contribution is 2.42. The minimum absolute atomic E-state index is 0.0456. The number of quaternary nitrogens is 1. The molecular formula is C25H36NO3+. The van der Waals surface area contributed by atoms with Crippen molar-refractivity contribution in [1.29, 1.82) is 0 Å². The normalized spacial score (nSPS) is 19.5. The van der Waals surface area contributed by atoms with Crippen LogP contribution in [0.5, 0.6) is 11.5 Å². The predicted molar refractivity (Wildman–Crippen MR) is 117 cm³/mol. The summed E-state index contributed by atoms with van der Waals surface area (Å²) >= 11 is 0. The van der Waals surface area contributed by atoms with Crippen molar-refractivity contribution in [2.45, 2.75) is 51.2 Å². The predicted octanol–water partition coefficient (Wildman–Crippen LogP) is 4.15. The van der Waals surface area contributed by atoms with Gasteiger partial charge in [-0.1, -0.05) is 18.2 Å². The van der Waals surface area contributed by atoms with E-state index in [-0.39, 0.29) is 5.60 Å². The fourth-order valence-electron chi connectivity index (χ4n) is 4.57. The van der Waals surface area contributed by atoms with E-state index in [1.807, 2.05) is 12.1 Å². The molecule has 1 aliphatic rings. The molecule has 4 nitrogen and oxygen atoms in total. The van der Waals surface area contributed by atoms with Gasteiger partial charge >= 0.3 is 0 Å². The van der Waals surface area contributed by atoms with E-state index in [1.54, 1.807) is 14.2 Å². The van der Waals surface area contributed by atoms with Gasteiger partial charge in [-0.25, -0.2) is 0 Å². The van der Waals surface area contributed by atoms with Crippen molar-refractivity contribution in [3.63, 3.8) is 0 Å². The molecule has 2 aromatic carbocycles. The fraction of sp³-hybridized carbons (Fsp3) is 0.520. The molecule has 29 heavy (non-hydrogen) atoms. The minimum atomic E-state index is -0.0456. The number of para-hydroxylation sites is 1. The average Bonchev–Trinajstić information content (AvgIpc) is 2.73. The summed E-state index contributed by atoms with van der Waals surface area (Å²) in [7, 11) is 3.48. The maximum absolute atomic E-state index is 5.99. The Morgan fingerprint density at radius 2 is 1.83 bits per heavy atom. The quantitative estimate of drug-likeness (QED) is 0.646. The van der Waals surface area contributed by atoms with E-state index in [9.17, 15) is 0 Å². The third-order valence-electron chi connectivity index (χ3n) is 6.06. The Morgan fingerprint density at radius 1 is 1.07 bits per heavy atom. The average molecular weight is 399 g/mol. The minimum Gasteiger partial charge on any atom is -0.497 e. The lowest BCUT2D eigenvalue weighted by molar-refractivity contribution is -0.671. The van der Waals surface area contributed by atoms with Crippen LogP contribution in [0.3, 0.4) is 0 Å². The Hall–Kier alpha value is -2.04. The van der Waals surface area contributed by atoms with Crippen molar-refractivity contribution in [3.8, 4) is 11.5 Å². The van der Waals surface area contributed by atoms with Gasteiger partial charge in [0.25, 0.3) is 0 Å². The number of hydrogen-bond donors (Lipinski definition) is 1. The molecule has 0 amide bonds. The molecule has 0 bridgehead atoms. The summed E-state index contributed by atoms with van der Waals surface area (Å²) in [6.07, 6.45) is 3.34. The molecule has 4 heteroatoms. The molecule has 0 aromatic heterocycles. The van der Waals surface area contributed by atoms with E-state index in [0.717, 1.165) is 50.5 Å². The number of ether oxygens (including phenoxy) is 3. The van der Waals surface area contributed by atoms with Crippen LogP contribution in [0.1, 0.15) is 50.2 Å². The van der Waals surface area contributed by atoms with Crippen LogP contribution >= 0.6 is 0 Å². The van der Waals surface area contributed by atoms with Crippen LogP contribution in [-0.4, -0.2) is 33.0 Å². The summed E-state index contributed by atoms with van der Waals surface area (Å²) in [4.78, 5) is 0. The van der Waals surface area contributed by atoms with Crippen molar-refractivity contribution in [2.24, 2.45) is 5.92 Å². The Balaban J connectivity index is 1.66. The second-order valence-electron chi connectivity index (χ2n) is 8.63. The standard InChI is InChI=1S/C25H35NO3/c1-25(2)17-20(14-16-29-25)22(23-7-5-6-8-24(23)28-4)13-15-26-18-19-9-11-21(27-3)12-10-19/h5-12,20,22,26H,13-18H2,1-4H3/p+1/t20-,22+/m0/s1. The fourth-order valence-corrected chi connectivity index (χ4v) is 4.57. The lowest BCUT2D eigenvalue weighted by Gasteiger charge is -2.39. The molecule has 0 spiro atoms. The molecule has 0 aliphatic carbocycles. The highest BCUT2D eigenvalue weighted by molar-refractivity contribution is 5.36. The first kappa shape index (κ1) is 21.7. The molecule has 0 saturated carbocycles. The van der Waals surface area contributed by atoms with Gasteiger partial charge in [-0.15, -0.1) is 0 Å². The van der Waals surface area contributed by atoms with Gasteiger partial charge in [-0.3, -0.25) is 0 Å². The summed E-state index contributed by atoms with van der Waals surface area (Å²) in [6, 6.07) is 16.9. The number of hydrogen-bond acceptors (Lipinski definition) is 3. The number of nitrogens with two attached hydrogens (primary N) is 1. The summed E-state index contributed by atoms with van der Waals surface area (Å²) in [5.74, 6) is 3.02. The van der Waals surface area contributed by atoms with Gasteiger partial charge in [-0.05, 0) is 74.4 Å². The van der Waals surface area contributed by atoms with Crippen molar-refractivity contribution in [3.05, 3.63) is 59.7 Å². The van der Waals surface area contributed by atoms with Gasteiger partial charge in [-0.2, -0.15) is 0 Å². The molecule has 1 aliphatic heterocycles. The number of methoxy groups -OCH3 is 2. The maximum atomic E-state index is 5.99. The number of rotatable bonds is 9. The van der Waals surface area contributed by atoms with Gasteiger partial charge in [0.15, 0.2) is 0 Å². The van der Waals surface area contributed by atoms with Crippen LogP contribution in [0.15, 0.2) is 48.5 Å². The highest BCUT2D eigenvalue weighted by atomic mass is 16.5. The van der Waals surface area contributed by atoms with E-state index in [1.165, 1.54) is 11.1 Å². The zero-order valence-corrected chi connectivity index (χ0v) is 18.3. The Labute approximate surface area is 175 Å². The molecule has 158 valence electrons. The van der Waals surface area contributed by atoms with Crippen LogP contribution in [-0.2, 0) is 11.3 Å². The molecule has 1 heterocycles. The molecule has 2 aromatic rings. The second-order valence-corrected chi connectivity index (χ2v) is 8.63. The van der Waals surface area contributed by atoms with Crippen LogP contribution in [0.25, 0.3) is 0 Å². The van der Waals surface area contributed by atoms with Crippen molar-refractivity contribution >= 4 is 0 Å². The first-order chi connectivity index (χ1) is 14.0. The molecule has 0 radical (unpaired) electrons. The van der Waals surface area contributed by atoms with Crippen molar-refractivity contribution in [1.82, 2.24) is 0 Å². The smallest absolute Gasteiger partial charge is 0.122 e. The maximum Gasteiger partial charge on any atom is 0.122 e. The van der Waals surface area contributed by atoms with Gasteiger partial charge in [0.05, 0.1) is 26.4 Å². The van der Waals surface area contributed by atoms with Gasteiger partial charge < -0.3 is 19.5 Å². The zero-order chi connectivity index (χ0) is 20.7. The van der Waals surface area contributed by atoms with Crippen LogP contribution in [0.2, 0.25) is 0 Å². The van der Waals surface area contributed by atoms with Crippen molar-refractivity contribution < 1.29 is 19.5 Å². The first-order valence-corrected chi connectivity index (χ1v) is 10.7. The Kier molecular flexibility index (Phi) is 7.57. The summed E-state index contributed by atoms with van der Waals surface area (Å²) in [5, 5.41) is 2.41. The van der Waals surface area contributed by atoms with Crippen LogP contribution in [0.4, 0.5) is 0 Å². The van der Waals surface area contributed by atoms with E-state index < -0.39 is 0 Å². The number of benzene rings is 2. The molecule has 2 N–H and O–H groups in total. The van der Waals surface area contributed by atoms with E-state index in [4.69, 9.17) is 14.2 Å². The monoisotopic (exact) mass is 398 g/mol. The van der Waals surface area contributed by atoms with Gasteiger partial charge in [0.2, 0.25) is 0 Å². The summed E-state index contributed by atoms with van der Waals surface area (Å²) < 4.78 is 17.0. The van der Waals surface area contributed by atoms with Gasteiger partial charge in [0, 0.05) is 18.6 Å². The van der Waals surface area contributed by atoms with Gasteiger partial charge in [0.1, 0.15) is 18.0 Å². The molecule has 1 fully saturated rings. The Morgan fingerprint density at radius 3 is 2.52 bits per heavy atom. The molecular weight excluding hydrogens is 362 g/mol. The highest BCUT2D eigenvalue weighted by Gasteiger charge is 2.35. The third-order valence-corrected chi connectivity index (χ3v) is 6.06. The lowest BCUT2D eigenvalue weighted by atomic mass is 9.75. The summed E-state index contributed by atoms with van der Waals surface area (Å²) in [5.41, 5.74) is 2.62. The molecule has 2 atom stereocenters. The van der Waals surface area contributed by atoms with Crippen LogP contribution in [0, 0.1) is 5.92 Å².